The molecule has 0 aromatic carbocycles. The Labute approximate surface area is 116 Å². The van der Waals surface area contributed by atoms with Crippen LogP contribution >= 0.6 is 15.9 Å². The molecule has 0 amide bonds. The Morgan fingerprint density at radius 1 is 1.33 bits per heavy atom. The van der Waals surface area contributed by atoms with Gasteiger partial charge in [0.15, 0.2) is 0 Å². The van der Waals surface area contributed by atoms with Gasteiger partial charge in [0.1, 0.15) is 0 Å². The first-order valence-corrected chi connectivity index (χ1v) is 8.61. The van der Waals surface area contributed by atoms with Gasteiger partial charge in [-0.15, -0.1) is 0 Å². The van der Waals surface area contributed by atoms with Crippen molar-refractivity contribution in [3.05, 3.63) is 22.9 Å². The third-order valence-electron chi connectivity index (χ3n) is 3.22. The molecule has 0 atom stereocenters. The standard InChI is InChI=1S/C12H17BrN2O2S/c13-11-8-14-7-6-12(11)15-18(16,17)9-10-4-2-1-3-5-10/h6-8,10H,1-5,9H2,(H,14,15). The molecule has 18 heavy (non-hydrogen) atoms. The van der Waals surface area contributed by atoms with E-state index in [4.69, 9.17) is 0 Å². The Balaban J connectivity index is 2.01. The lowest BCUT2D eigenvalue weighted by atomic mass is 9.91. The van der Waals surface area contributed by atoms with Crippen LogP contribution in [0.15, 0.2) is 22.9 Å². The van der Waals surface area contributed by atoms with Gasteiger partial charge in [-0.05, 0) is 40.8 Å². The topological polar surface area (TPSA) is 59.1 Å². The number of nitrogens with zero attached hydrogens (tertiary/aromatic N) is 1. The summed E-state index contributed by atoms with van der Waals surface area (Å²) in [6, 6.07) is 1.66. The zero-order valence-corrected chi connectivity index (χ0v) is 12.5. The SMILES string of the molecule is O=S(=O)(CC1CCCCC1)Nc1ccncc1Br. The first-order chi connectivity index (χ1) is 8.57. The molecule has 0 spiro atoms. The molecule has 0 radical (unpaired) electrons. The Bertz CT molecular complexity index is 499. The summed E-state index contributed by atoms with van der Waals surface area (Å²) in [5.41, 5.74) is 0.556. The number of anilines is 1. The fourth-order valence-corrected chi connectivity index (χ4v) is 4.36. The summed E-state index contributed by atoms with van der Waals surface area (Å²) < 4.78 is 27.4. The minimum atomic E-state index is -3.26. The van der Waals surface area contributed by atoms with Crippen LogP contribution in [0.25, 0.3) is 0 Å². The van der Waals surface area contributed by atoms with Gasteiger partial charge in [0, 0.05) is 12.4 Å². The Morgan fingerprint density at radius 2 is 2.06 bits per heavy atom. The smallest absolute Gasteiger partial charge is 0.233 e. The van der Waals surface area contributed by atoms with E-state index in [9.17, 15) is 8.42 Å². The number of pyridine rings is 1. The van der Waals surface area contributed by atoms with Crippen molar-refractivity contribution in [3.63, 3.8) is 0 Å². The molecule has 1 heterocycles. The number of rotatable bonds is 4. The minimum Gasteiger partial charge on any atom is -0.282 e. The molecule has 1 N–H and O–H groups in total. The van der Waals surface area contributed by atoms with Crippen molar-refractivity contribution in [2.45, 2.75) is 32.1 Å². The number of aromatic nitrogens is 1. The average molecular weight is 333 g/mol. The molecule has 1 aliphatic rings. The predicted octanol–water partition coefficient (Wildman–Crippen LogP) is 3.17. The fraction of sp³-hybridized carbons (Fsp3) is 0.583. The second-order valence-corrected chi connectivity index (χ2v) is 7.36. The van der Waals surface area contributed by atoms with Gasteiger partial charge in [-0.1, -0.05) is 19.3 Å². The molecular weight excluding hydrogens is 316 g/mol. The highest BCUT2D eigenvalue weighted by atomic mass is 79.9. The van der Waals surface area contributed by atoms with Crippen LogP contribution in [-0.2, 0) is 10.0 Å². The number of sulfonamides is 1. The van der Waals surface area contributed by atoms with Crippen molar-refractivity contribution in [2.75, 3.05) is 10.5 Å². The summed E-state index contributed by atoms with van der Waals surface area (Å²) >= 11 is 3.28. The molecular formula is C12H17BrN2O2S. The summed E-state index contributed by atoms with van der Waals surface area (Å²) in [4.78, 5) is 3.91. The first kappa shape index (κ1) is 13.8. The van der Waals surface area contributed by atoms with Crippen LogP contribution in [-0.4, -0.2) is 19.2 Å². The Kier molecular flexibility index (Phi) is 4.61. The molecule has 0 aliphatic heterocycles. The molecule has 1 fully saturated rings. The predicted molar refractivity (Wildman–Crippen MR) is 75.9 cm³/mol. The minimum absolute atomic E-state index is 0.224. The quantitative estimate of drug-likeness (QED) is 0.921. The lowest BCUT2D eigenvalue weighted by Gasteiger charge is -2.21. The van der Waals surface area contributed by atoms with Gasteiger partial charge in [-0.25, -0.2) is 8.42 Å². The number of hydrogen-bond donors (Lipinski definition) is 1. The zero-order valence-electron chi connectivity index (χ0n) is 10.1. The second-order valence-electron chi connectivity index (χ2n) is 4.74. The maximum Gasteiger partial charge on any atom is 0.233 e. The number of halogens is 1. The van der Waals surface area contributed by atoms with Crippen LogP contribution in [0.1, 0.15) is 32.1 Å². The molecule has 1 saturated carbocycles. The molecule has 2 rings (SSSR count). The van der Waals surface area contributed by atoms with Crippen LogP contribution in [0.5, 0.6) is 0 Å². The summed E-state index contributed by atoms with van der Waals surface area (Å²) in [5, 5.41) is 0. The summed E-state index contributed by atoms with van der Waals surface area (Å²) in [6.07, 6.45) is 8.75. The zero-order chi connectivity index (χ0) is 13.0. The highest BCUT2D eigenvalue weighted by Crippen LogP contribution is 2.26. The van der Waals surface area contributed by atoms with E-state index in [1.807, 2.05) is 0 Å². The van der Waals surface area contributed by atoms with Crippen LogP contribution in [0.4, 0.5) is 5.69 Å². The molecule has 0 bridgehead atoms. The average Bonchev–Trinajstić information content (AvgIpc) is 2.32. The van der Waals surface area contributed by atoms with Gasteiger partial charge < -0.3 is 0 Å². The molecule has 0 unspecified atom stereocenters. The summed E-state index contributed by atoms with van der Waals surface area (Å²) in [5.74, 6) is 0.527. The lowest BCUT2D eigenvalue weighted by Crippen LogP contribution is -2.24. The van der Waals surface area contributed by atoms with Crippen molar-refractivity contribution >= 4 is 31.6 Å². The highest BCUT2D eigenvalue weighted by Gasteiger charge is 2.21. The monoisotopic (exact) mass is 332 g/mol. The second kappa shape index (κ2) is 6.02. The van der Waals surface area contributed by atoms with Crippen LogP contribution in [0.3, 0.4) is 0 Å². The van der Waals surface area contributed by atoms with Gasteiger partial charge in [0.05, 0.1) is 15.9 Å². The van der Waals surface area contributed by atoms with Crippen molar-refractivity contribution < 1.29 is 8.42 Å². The Morgan fingerprint density at radius 3 is 2.72 bits per heavy atom. The van der Waals surface area contributed by atoms with Gasteiger partial charge in [0.25, 0.3) is 0 Å². The normalized spacial score (nSPS) is 17.6. The van der Waals surface area contributed by atoms with Crippen LogP contribution in [0, 0.1) is 5.92 Å². The molecule has 1 aromatic heterocycles. The van der Waals surface area contributed by atoms with Crippen LogP contribution in [0.2, 0.25) is 0 Å². The highest BCUT2D eigenvalue weighted by molar-refractivity contribution is 9.10. The molecule has 100 valence electrons. The largest absolute Gasteiger partial charge is 0.282 e. The molecule has 6 heteroatoms. The molecule has 1 aromatic rings. The van der Waals surface area contributed by atoms with E-state index >= 15 is 0 Å². The maximum absolute atomic E-state index is 12.1. The van der Waals surface area contributed by atoms with E-state index in [2.05, 4.69) is 25.6 Å². The number of hydrogen-bond acceptors (Lipinski definition) is 3. The van der Waals surface area contributed by atoms with Crippen molar-refractivity contribution in [2.24, 2.45) is 5.92 Å². The Hall–Kier alpha value is -0.620. The van der Waals surface area contributed by atoms with E-state index < -0.39 is 10.0 Å². The van der Waals surface area contributed by atoms with Crippen molar-refractivity contribution in [1.29, 1.82) is 0 Å². The fourth-order valence-electron chi connectivity index (χ4n) is 2.33. The van der Waals surface area contributed by atoms with Crippen LogP contribution < -0.4 is 4.72 Å². The maximum atomic E-state index is 12.1. The van der Waals surface area contributed by atoms with E-state index in [1.165, 1.54) is 6.42 Å². The van der Waals surface area contributed by atoms with E-state index in [-0.39, 0.29) is 5.75 Å². The third-order valence-corrected chi connectivity index (χ3v) is 5.29. The van der Waals surface area contributed by atoms with Crippen molar-refractivity contribution in [1.82, 2.24) is 4.98 Å². The molecule has 1 aliphatic carbocycles. The molecule has 4 nitrogen and oxygen atoms in total. The third kappa shape index (κ3) is 3.95. The summed E-state index contributed by atoms with van der Waals surface area (Å²) in [7, 11) is -3.26. The summed E-state index contributed by atoms with van der Waals surface area (Å²) in [6.45, 7) is 0. The molecule has 0 saturated heterocycles. The van der Waals surface area contributed by atoms with E-state index in [0.717, 1.165) is 25.7 Å². The van der Waals surface area contributed by atoms with Gasteiger partial charge in [0.2, 0.25) is 10.0 Å². The lowest BCUT2D eigenvalue weighted by molar-refractivity contribution is 0.385. The first-order valence-electron chi connectivity index (χ1n) is 6.17. The van der Waals surface area contributed by atoms with Crippen molar-refractivity contribution in [3.8, 4) is 0 Å². The van der Waals surface area contributed by atoms with Gasteiger partial charge in [-0.2, -0.15) is 0 Å². The number of nitrogens with one attached hydrogen (secondary N) is 1. The van der Waals surface area contributed by atoms with Gasteiger partial charge >= 0.3 is 0 Å². The van der Waals surface area contributed by atoms with E-state index in [0.29, 0.717) is 16.1 Å². The van der Waals surface area contributed by atoms with Gasteiger partial charge in [-0.3, -0.25) is 9.71 Å². The van der Waals surface area contributed by atoms with E-state index in [1.54, 1.807) is 18.5 Å².